The Morgan fingerprint density at radius 1 is 1.19 bits per heavy atom. The monoisotopic (exact) mass is 230 g/mol. The van der Waals surface area contributed by atoms with Gasteiger partial charge in [-0.1, -0.05) is 12.8 Å². The zero-order valence-electron chi connectivity index (χ0n) is 8.77. The van der Waals surface area contributed by atoms with E-state index in [1.54, 1.807) is 0 Å². The SMILES string of the molecule is Fc1cc(F)c(NCC2CCCC2)nc1F. The lowest BCUT2D eigenvalue weighted by molar-refractivity contribution is 0.465. The Kier molecular flexibility index (Phi) is 3.31. The molecule has 1 aliphatic carbocycles. The van der Waals surface area contributed by atoms with E-state index in [1.807, 2.05) is 0 Å². The van der Waals surface area contributed by atoms with Gasteiger partial charge >= 0.3 is 0 Å². The number of hydrogen-bond donors (Lipinski definition) is 1. The molecule has 0 aliphatic heterocycles. The van der Waals surface area contributed by atoms with Gasteiger partial charge < -0.3 is 5.32 Å². The number of nitrogens with zero attached hydrogens (tertiary/aromatic N) is 1. The molecule has 0 aromatic carbocycles. The lowest BCUT2D eigenvalue weighted by Crippen LogP contribution is -2.14. The fourth-order valence-electron chi connectivity index (χ4n) is 2.02. The summed E-state index contributed by atoms with van der Waals surface area (Å²) in [6.45, 7) is 0.564. The molecular formula is C11H13F3N2. The normalized spacial score (nSPS) is 16.7. The second kappa shape index (κ2) is 4.72. The average molecular weight is 230 g/mol. The van der Waals surface area contributed by atoms with Gasteiger partial charge in [-0.05, 0) is 18.8 Å². The van der Waals surface area contributed by atoms with Crippen molar-refractivity contribution in [2.75, 3.05) is 11.9 Å². The third-order valence-corrected chi connectivity index (χ3v) is 2.92. The van der Waals surface area contributed by atoms with Crippen LogP contribution in [0.25, 0.3) is 0 Å². The van der Waals surface area contributed by atoms with Crippen molar-refractivity contribution in [2.24, 2.45) is 5.92 Å². The maximum absolute atomic E-state index is 13.2. The predicted octanol–water partition coefficient (Wildman–Crippen LogP) is 3.10. The van der Waals surface area contributed by atoms with Crippen LogP contribution in [-0.4, -0.2) is 11.5 Å². The number of anilines is 1. The van der Waals surface area contributed by atoms with Crippen LogP contribution in [0.2, 0.25) is 0 Å². The van der Waals surface area contributed by atoms with Crippen LogP contribution in [0.3, 0.4) is 0 Å². The minimum atomic E-state index is -1.27. The molecule has 1 aromatic heterocycles. The van der Waals surface area contributed by atoms with Crippen molar-refractivity contribution in [1.29, 1.82) is 0 Å². The Morgan fingerprint density at radius 2 is 1.88 bits per heavy atom. The van der Waals surface area contributed by atoms with E-state index in [4.69, 9.17) is 0 Å². The predicted molar refractivity (Wildman–Crippen MR) is 54.6 cm³/mol. The lowest BCUT2D eigenvalue weighted by Gasteiger charge is -2.11. The van der Waals surface area contributed by atoms with Crippen LogP contribution < -0.4 is 5.32 Å². The summed E-state index contributed by atoms with van der Waals surface area (Å²) < 4.78 is 38.5. The van der Waals surface area contributed by atoms with Gasteiger partial charge in [0.25, 0.3) is 5.95 Å². The molecule has 1 fully saturated rings. The van der Waals surface area contributed by atoms with Gasteiger partial charge in [-0.2, -0.15) is 9.37 Å². The van der Waals surface area contributed by atoms with Crippen molar-refractivity contribution in [3.8, 4) is 0 Å². The highest BCUT2D eigenvalue weighted by atomic mass is 19.2. The second-order valence-corrected chi connectivity index (χ2v) is 4.12. The van der Waals surface area contributed by atoms with Crippen molar-refractivity contribution < 1.29 is 13.2 Å². The number of aromatic nitrogens is 1. The van der Waals surface area contributed by atoms with Gasteiger partial charge in [0.1, 0.15) is 0 Å². The zero-order chi connectivity index (χ0) is 11.5. The molecule has 1 aliphatic rings. The molecule has 88 valence electrons. The molecule has 0 atom stereocenters. The van der Waals surface area contributed by atoms with E-state index in [2.05, 4.69) is 10.3 Å². The van der Waals surface area contributed by atoms with Gasteiger partial charge in [0.2, 0.25) is 0 Å². The van der Waals surface area contributed by atoms with Crippen molar-refractivity contribution in [1.82, 2.24) is 4.98 Å². The highest BCUT2D eigenvalue weighted by Crippen LogP contribution is 2.25. The summed E-state index contributed by atoms with van der Waals surface area (Å²) in [5, 5.41) is 2.73. The van der Waals surface area contributed by atoms with Crippen molar-refractivity contribution >= 4 is 5.82 Å². The van der Waals surface area contributed by atoms with E-state index in [-0.39, 0.29) is 5.82 Å². The topological polar surface area (TPSA) is 24.9 Å². The average Bonchev–Trinajstić information content (AvgIpc) is 2.74. The van der Waals surface area contributed by atoms with E-state index in [9.17, 15) is 13.2 Å². The molecule has 0 radical (unpaired) electrons. The quantitative estimate of drug-likeness (QED) is 0.807. The number of halogens is 3. The zero-order valence-corrected chi connectivity index (χ0v) is 8.77. The van der Waals surface area contributed by atoms with Crippen LogP contribution in [-0.2, 0) is 0 Å². The van der Waals surface area contributed by atoms with E-state index in [1.165, 1.54) is 12.8 Å². The van der Waals surface area contributed by atoms with Crippen LogP contribution in [0.15, 0.2) is 6.07 Å². The third kappa shape index (κ3) is 2.46. The Balaban J connectivity index is 2.00. The fraction of sp³-hybridized carbons (Fsp3) is 0.545. The summed E-state index contributed by atoms with van der Waals surface area (Å²) in [5.41, 5.74) is 0. The van der Waals surface area contributed by atoms with Gasteiger partial charge in [-0.3, -0.25) is 0 Å². The summed E-state index contributed by atoms with van der Waals surface area (Å²) >= 11 is 0. The first kappa shape index (κ1) is 11.2. The fourth-order valence-corrected chi connectivity index (χ4v) is 2.02. The summed E-state index contributed by atoms with van der Waals surface area (Å²) in [6.07, 6.45) is 4.55. The molecule has 1 aromatic rings. The molecule has 2 nitrogen and oxygen atoms in total. The molecule has 0 unspecified atom stereocenters. The summed E-state index contributed by atoms with van der Waals surface area (Å²) in [6, 6.07) is 0.513. The first-order chi connectivity index (χ1) is 7.66. The van der Waals surface area contributed by atoms with Crippen LogP contribution in [0.5, 0.6) is 0 Å². The number of pyridine rings is 1. The first-order valence-corrected chi connectivity index (χ1v) is 5.42. The number of rotatable bonds is 3. The largest absolute Gasteiger partial charge is 0.367 e. The highest BCUT2D eigenvalue weighted by Gasteiger charge is 2.16. The molecule has 1 saturated carbocycles. The highest BCUT2D eigenvalue weighted by molar-refractivity contribution is 5.36. The smallest absolute Gasteiger partial charge is 0.251 e. The van der Waals surface area contributed by atoms with Gasteiger partial charge in [0.05, 0.1) is 0 Å². The molecular weight excluding hydrogens is 217 g/mol. The molecule has 16 heavy (non-hydrogen) atoms. The Labute approximate surface area is 91.9 Å². The lowest BCUT2D eigenvalue weighted by atomic mass is 10.1. The minimum Gasteiger partial charge on any atom is -0.367 e. The molecule has 2 rings (SSSR count). The van der Waals surface area contributed by atoms with Crippen LogP contribution >= 0.6 is 0 Å². The molecule has 0 saturated heterocycles. The molecule has 0 spiro atoms. The number of hydrogen-bond acceptors (Lipinski definition) is 2. The van der Waals surface area contributed by atoms with E-state index >= 15 is 0 Å². The third-order valence-electron chi connectivity index (χ3n) is 2.92. The van der Waals surface area contributed by atoms with Crippen LogP contribution in [0.1, 0.15) is 25.7 Å². The van der Waals surface area contributed by atoms with Gasteiger partial charge in [0.15, 0.2) is 17.5 Å². The van der Waals surface area contributed by atoms with Crippen molar-refractivity contribution in [3.63, 3.8) is 0 Å². The molecule has 1 N–H and O–H groups in total. The van der Waals surface area contributed by atoms with Crippen LogP contribution in [0, 0.1) is 23.5 Å². The Hall–Kier alpha value is -1.26. The Morgan fingerprint density at radius 3 is 2.56 bits per heavy atom. The molecule has 1 heterocycles. The molecule has 0 bridgehead atoms. The maximum atomic E-state index is 13.2. The van der Waals surface area contributed by atoms with Crippen molar-refractivity contribution in [2.45, 2.75) is 25.7 Å². The van der Waals surface area contributed by atoms with Crippen LogP contribution in [0.4, 0.5) is 19.0 Å². The second-order valence-electron chi connectivity index (χ2n) is 4.12. The summed E-state index contributed by atoms with van der Waals surface area (Å²) in [5.74, 6) is -3.10. The Bertz CT molecular complexity index is 376. The first-order valence-electron chi connectivity index (χ1n) is 5.42. The maximum Gasteiger partial charge on any atom is 0.251 e. The molecule has 0 amide bonds. The van der Waals surface area contributed by atoms with E-state index < -0.39 is 17.6 Å². The van der Waals surface area contributed by atoms with E-state index in [0.717, 1.165) is 12.8 Å². The van der Waals surface area contributed by atoms with Gasteiger partial charge in [-0.25, -0.2) is 8.78 Å². The number of nitrogens with one attached hydrogen (secondary N) is 1. The van der Waals surface area contributed by atoms with Gasteiger partial charge in [-0.15, -0.1) is 0 Å². The van der Waals surface area contributed by atoms with E-state index in [0.29, 0.717) is 18.5 Å². The standard InChI is InChI=1S/C11H13F3N2/c12-8-5-9(13)11(16-10(8)14)15-6-7-3-1-2-4-7/h5,7H,1-4,6H2,(H,15,16). The summed E-state index contributed by atoms with van der Waals surface area (Å²) in [7, 11) is 0. The van der Waals surface area contributed by atoms with Gasteiger partial charge in [0, 0.05) is 12.6 Å². The summed E-state index contributed by atoms with van der Waals surface area (Å²) in [4.78, 5) is 3.21. The minimum absolute atomic E-state index is 0.203. The molecule has 5 heteroatoms. The van der Waals surface area contributed by atoms with Crippen molar-refractivity contribution in [3.05, 3.63) is 23.6 Å².